The molecule has 1 aliphatic heterocycles. The largest absolute Gasteiger partial charge is 0.493 e. The van der Waals surface area contributed by atoms with E-state index < -0.39 is 23.6 Å². The fraction of sp³-hybridized carbons (Fsp3) is 0.533. The van der Waals surface area contributed by atoms with E-state index in [-0.39, 0.29) is 18.3 Å². The van der Waals surface area contributed by atoms with Crippen LogP contribution >= 0.6 is 0 Å². The van der Waals surface area contributed by atoms with Gasteiger partial charge in [0.1, 0.15) is 12.4 Å². The lowest BCUT2D eigenvalue weighted by atomic mass is 9.92. The van der Waals surface area contributed by atoms with Gasteiger partial charge in [-0.25, -0.2) is 0 Å². The second-order valence-corrected chi connectivity index (χ2v) is 5.09. The van der Waals surface area contributed by atoms with Crippen LogP contribution in [0.25, 0.3) is 0 Å². The molecular weight excluding hydrogens is 301 g/mol. The first kappa shape index (κ1) is 16.6. The number of carbonyl (C=O) groups excluding carboxylic acids is 1. The molecule has 2 atom stereocenters. The Hall–Kier alpha value is -1.76. The summed E-state index contributed by atoms with van der Waals surface area (Å²) < 4.78 is 52.9. The van der Waals surface area contributed by atoms with Crippen molar-refractivity contribution in [1.29, 1.82) is 0 Å². The van der Waals surface area contributed by atoms with Crippen molar-refractivity contribution in [2.75, 3.05) is 26.9 Å². The molecule has 0 spiro atoms. The Bertz CT molecular complexity index is 493. The van der Waals surface area contributed by atoms with Gasteiger partial charge in [-0.3, -0.25) is 4.79 Å². The summed E-state index contributed by atoms with van der Waals surface area (Å²) in [5, 5.41) is 0. The molecule has 122 valence electrons. The van der Waals surface area contributed by atoms with E-state index in [1.165, 1.54) is 19.2 Å². The zero-order valence-corrected chi connectivity index (χ0v) is 12.1. The lowest BCUT2D eigenvalue weighted by Gasteiger charge is -2.20. The SMILES string of the molecule is COC(=O)C(COc1ccc(C(F)(F)F)cc1)C1CCOC1. The number of benzene rings is 1. The molecule has 1 saturated heterocycles. The Morgan fingerprint density at radius 1 is 1.36 bits per heavy atom. The molecule has 1 aliphatic rings. The van der Waals surface area contributed by atoms with E-state index >= 15 is 0 Å². The summed E-state index contributed by atoms with van der Waals surface area (Å²) >= 11 is 0. The van der Waals surface area contributed by atoms with Crippen LogP contribution in [-0.2, 0) is 20.4 Å². The summed E-state index contributed by atoms with van der Waals surface area (Å²) in [6, 6.07) is 4.37. The number of methoxy groups -OCH3 is 1. The van der Waals surface area contributed by atoms with Crippen LogP contribution in [0.3, 0.4) is 0 Å². The van der Waals surface area contributed by atoms with E-state index in [9.17, 15) is 18.0 Å². The Balaban J connectivity index is 1.98. The third-order valence-corrected chi connectivity index (χ3v) is 3.65. The van der Waals surface area contributed by atoms with Crippen molar-refractivity contribution < 1.29 is 32.2 Å². The van der Waals surface area contributed by atoms with Gasteiger partial charge >= 0.3 is 12.1 Å². The van der Waals surface area contributed by atoms with Crippen LogP contribution < -0.4 is 4.74 Å². The van der Waals surface area contributed by atoms with Crippen molar-refractivity contribution in [3.05, 3.63) is 29.8 Å². The Morgan fingerprint density at radius 2 is 2.05 bits per heavy atom. The van der Waals surface area contributed by atoms with Gasteiger partial charge in [0.15, 0.2) is 0 Å². The summed E-state index contributed by atoms with van der Waals surface area (Å²) in [6.45, 7) is 1.08. The molecule has 1 fully saturated rings. The normalized spacial score (nSPS) is 19.7. The van der Waals surface area contributed by atoms with E-state index in [1.807, 2.05) is 0 Å². The van der Waals surface area contributed by atoms with Crippen molar-refractivity contribution in [2.24, 2.45) is 11.8 Å². The first-order chi connectivity index (χ1) is 10.4. The molecule has 0 aliphatic carbocycles. The van der Waals surface area contributed by atoms with Gasteiger partial charge in [0.2, 0.25) is 0 Å². The molecule has 4 nitrogen and oxygen atoms in total. The highest BCUT2D eigenvalue weighted by atomic mass is 19.4. The number of hydrogen-bond donors (Lipinski definition) is 0. The number of alkyl halides is 3. The number of rotatable bonds is 5. The number of carbonyl (C=O) groups is 1. The maximum atomic E-state index is 12.5. The molecule has 2 rings (SSSR count). The maximum absolute atomic E-state index is 12.5. The lowest BCUT2D eigenvalue weighted by Crippen LogP contribution is -2.31. The summed E-state index contributed by atoms with van der Waals surface area (Å²) in [6.07, 6.45) is -3.65. The van der Waals surface area contributed by atoms with Gasteiger partial charge in [0.25, 0.3) is 0 Å². The highest BCUT2D eigenvalue weighted by Gasteiger charge is 2.33. The van der Waals surface area contributed by atoms with Crippen LogP contribution in [0.2, 0.25) is 0 Å². The topological polar surface area (TPSA) is 44.8 Å². The fourth-order valence-corrected chi connectivity index (χ4v) is 2.34. The van der Waals surface area contributed by atoms with Crippen LogP contribution in [0.1, 0.15) is 12.0 Å². The van der Waals surface area contributed by atoms with Crippen LogP contribution in [0.15, 0.2) is 24.3 Å². The monoisotopic (exact) mass is 318 g/mol. The average Bonchev–Trinajstić information content (AvgIpc) is 3.01. The molecule has 0 bridgehead atoms. The van der Waals surface area contributed by atoms with Crippen LogP contribution in [0.5, 0.6) is 5.75 Å². The predicted molar refractivity (Wildman–Crippen MR) is 71.4 cm³/mol. The lowest BCUT2D eigenvalue weighted by molar-refractivity contribution is -0.148. The standard InChI is InChI=1S/C15H17F3O4/c1-20-14(19)13(10-6-7-21-8-10)9-22-12-4-2-11(3-5-12)15(16,17)18/h2-5,10,13H,6-9H2,1H3. The molecular formula is C15H17F3O4. The van der Waals surface area contributed by atoms with Gasteiger partial charge in [0.05, 0.1) is 25.2 Å². The van der Waals surface area contributed by atoms with Crippen molar-refractivity contribution in [3.63, 3.8) is 0 Å². The fourth-order valence-electron chi connectivity index (χ4n) is 2.34. The first-order valence-electron chi connectivity index (χ1n) is 6.87. The van der Waals surface area contributed by atoms with E-state index in [0.29, 0.717) is 13.2 Å². The number of hydrogen-bond acceptors (Lipinski definition) is 4. The minimum Gasteiger partial charge on any atom is -0.493 e. The summed E-state index contributed by atoms with van der Waals surface area (Å²) in [5.41, 5.74) is -0.742. The minimum atomic E-state index is -4.38. The molecule has 0 amide bonds. The molecule has 0 saturated carbocycles. The summed E-state index contributed by atoms with van der Waals surface area (Å²) in [4.78, 5) is 11.8. The maximum Gasteiger partial charge on any atom is 0.416 e. The molecule has 22 heavy (non-hydrogen) atoms. The van der Waals surface area contributed by atoms with Crippen molar-refractivity contribution in [1.82, 2.24) is 0 Å². The van der Waals surface area contributed by atoms with E-state index in [1.54, 1.807) is 0 Å². The second kappa shape index (κ2) is 7.00. The zero-order valence-electron chi connectivity index (χ0n) is 12.1. The molecule has 0 N–H and O–H groups in total. The van der Waals surface area contributed by atoms with Crippen LogP contribution in [-0.4, -0.2) is 32.9 Å². The average molecular weight is 318 g/mol. The zero-order chi connectivity index (χ0) is 16.2. The summed E-state index contributed by atoms with van der Waals surface area (Å²) in [7, 11) is 1.29. The third kappa shape index (κ3) is 4.13. The second-order valence-electron chi connectivity index (χ2n) is 5.09. The molecule has 0 aromatic heterocycles. The van der Waals surface area contributed by atoms with Crippen molar-refractivity contribution in [3.8, 4) is 5.75 Å². The van der Waals surface area contributed by atoms with Gasteiger partial charge in [-0.2, -0.15) is 13.2 Å². The third-order valence-electron chi connectivity index (χ3n) is 3.65. The molecule has 0 radical (unpaired) electrons. The quantitative estimate of drug-likeness (QED) is 0.783. The van der Waals surface area contributed by atoms with E-state index in [2.05, 4.69) is 0 Å². The van der Waals surface area contributed by atoms with E-state index in [4.69, 9.17) is 14.2 Å². The summed E-state index contributed by atoms with van der Waals surface area (Å²) in [5.74, 6) is -0.611. The van der Waals surface area contributed by atoms with Gasteiger partial charge in [-0.05, 0) is 30.7 Å². The molecule has 1 aromatic rings. The smallest absolute Gasteiger partial charge is 0.416 e. The molecule has 1 aromatic carbocycles. The number of esters is 1. The van der Waals surface area contributed by atoms with Crippen molar-refractivity contribution >= 4 is 5.97 Å². The van der Waals surface area contributed by atoms with Crippen molar-refractivity contribution in [2.45, 2.75) is 12.6 Å². The highest BCUT2D eigenvalue weighted by molar-refractivity contribution is 5.72. The highest BCUT2D eigenvalue weighted by Crippen LogP contribution is 2.30. The van der Waals surface area contributed by atoms with Crippen LogP contribution in [0.4, 0.5) is 13.2 Å². The molecule has 7 heteroatoms. The first-order valence-corrected chi connectivity index (χ1v) is 6.87. The van der Waals surface area contributed by atoms with Gasteiger partial charge < -0.3 is 14.2 Å². The number of halogens is 3. The van der Waals surface area contributed by atoms with Gasteiger partial charge in [0, 0.05) is 12.5 Å². The molecule has 1 heterocycles. The van der Waals surface area contributed by atoms with Gasteiger partial charge in [-0.1, -0.05) is 0 Å². The Labute approximate surface area is 126 Å². The van der Waals surface area contributed by atoms with Gasteiger partial charge in [-0.15, -0.1) is 0 Å². The number of ether oxygens (including phenoxy) is 3. The predicted octanol–water partition coefficient (Wildman–Crippen LogP) is 2.91. The minimum absolute atomic E-state index is 0.00176. The Kier molecular flexibility index (Phi) is 5.28. The van der Waals surface area contributed by atoms with E-state index in [0.717, 1.165) is 18.6 Å². The Morgan fingerprint density at radius 3 is 2.55 bits per heavy atom. The van der Waals surface area contributed by atoms with Crippen LogP contribution in [0, 0.1) is 11.8 Å². The molecule has 2 unspecified atom stereocenters.